The van der Waals surface area contributed by atoms with Crippen LogP contribution in [0, 0.1) is 11.8 Å². The van der Waals surface area contributed by atoms with Gasteiger partial charge in [0, 0.05) is 6.20 Å². The Morgan fingerprint density at radius 3 is 2.95 bits per heavy atom. The number of hydrogen-bond acceptors (Lipinski definition) is 4. The van der Waals surface area contributed by atoms with E-state index < -0.39 is 6.10 Å². The molecule has 1 amide bonds. The number of hydrogen-bond donors (Lipinski definition) is 4. The lowest BCUT2D eigenvalue weighted by atomic mass is 9.77. The monoisotopic (exact) mass is 300 g/mol. The largest absolute Gasteiger partial charge is 0.391 e. The Bertz CT molecular complexity index is 665. The number of aromatic nitrogens is 2. The van der Waals surface area contributed by atoms with E-state index in [1.807, 2.05) is 12.1 Å². The van der Waals surface area contributed by atoms with Gasteiger partial charge in [-0.2, -0.15) is 0 Å². The molecule has 2 aromatic heterocycles. The smallest absolute Gasteiger partial charge is 0.268 e. The van der Waals surface area contributed by atoms with E-state index in [1.54, 1.807) is 12.3 Å². The number of fused-ring (bicyclic) bond motifs is 2. The molecule has 1 saturated heterocycles. The van der Waals surface area contributed by atoms with Crippen LogP contribution in [0.15, 0.2) is 24.4 Å². The van der Waals surface area contributed by atoms with Crippen molar-refractivity contribution in [2.75, 3.05) is 13.1 Å². The summed E-state index contributed by atoms with van der Waals surface area (Å²) in [7, 11) is 0. The minimum atomic E-state index is -0.465. The molecule has 1 aliphatic carbocycles. The lowest BCUT2D eigenvalue weighted by Gasteiger charge is -2.35. The van der Waals surface area contributed by atoms with E-state index in [4.69, 9.17) is 0 Å². The Morgan fingerprint density at radius 1 is 1.32 bits per heavy atom. The number of aliphatic hydroxyl groups is 1. The molecule has 3 heterocycles. The molecule has 0 radical (unpaired) electrons. The van der Waals surface area contributed by atoms with Crippen LogP contribution in [0.2, 0.25) is 0 Å². The first-order chi connectivity index (χ1) is 10.7. The van der Waals surface area contributed by atoms with Crippen LogP contribution in [0.4, 0.5) is 0 Å². The van der Waals surface area contributed by atoms with Crippen molar-refractivity contribution >= 4 is 16.9 Å². The van der Waals surface area contributed by atoms with Gasteiger partial charge in [0.05, 0.1) is 23.2 Å². The van der Waals surface area contributed by atoms with Crippen LogP contribution in [0.3, 0.4) is 0 Å². The summed E-state index contributed by atoms with van der Waals surface area (Å²) in [4.78, 5) is 19.7. The van der Waals surface area contributed by atoms with Crippen molar-refractivity contribution in [3.63, 3.8) is 0 Å². The molecule has 6 nitrogen and oxygen atoms in total. The van der Waals surface area contributed by atoms with Crippen molar-refractivity contribution in [2.24, 2.45) is 11.8 Å². The van der Waals surface area contributed by atoms with Crippen LogP contribution in [0.25, 0.3) is 11.0 Å². The van der Waals surface area contributed by atoms with Gasteiger partial charge in [-0.1, -0.05) is 0 Å². The Labute approximate surface area is 128 Å². The van der Waals surface area contributed by atoms with Crippen LogP contribution in [0.1, 0.15) is 23.3 Å². The molecule has 1 saturated carbocycles. The molecule has 2 aliphatic rings. The third-order valence-corrected chi connectivity index (χ3v) is 5.00. The summed E-state index contributed by atoms with van der Waals surface area (Å²) in [5.41, 5.74) is 2.11. The van der Waals surface area contributed by atoms with Gasteiger partial charge in [-0.3, -0.25) is 9.78 Å². The van der Waals surface area contributed by atoms with Gasteiger partial charge in [0.15, 0.2) is 0 Å². The predicted molar refractivity (Wildman–Crippen MR) is 82.4 cm³/mol. The van der Waals surface area contributed by atoms with E-state index >= 15 is 0 Å². The predicted octanol–water partition coefficient (Wildman–Crippen LogP) is 0.652. The molecule has 0 unspecified atom stereocenters. The molecule has 0 bridgehead atoms. The van der Waals surface area contributed by atoms with Crippen molar-refractivity contribution in [3.05, 3.63) is 30.1 Å². The molecule has 1 aliphatic heterocycles. The van der Waals surface area contributed by atoms with Crippen molar-refractivity contribution in [1.29, 1.82) is 0 Å². The summed E-state index contributed by atoms with van der Waals surface area (Å²) < 4.78 is 0. The van der Waals surface area contributed by atoms with E-state index in [0.717, 1.165) is 37.0 Å². The molecule has 4 N–H and O–H groups in total. The standard InChI is InChI=1S/C16H20N4O2/c21-15-5-10-8-17-7-9(10)4-13(15)20-16(22)14-6-12-11(19-14)2-1-3-18-12/h1-3,6,9-10,13,15,17,19,21H,4-5,7-8H2,(H,20,22)/t9-,10+,13-,15-/m0/s1. The van der Waals surface area contributed by atoms with E-state index in [9.17, 15) is 9.90 Å². The van der Waals surface area contributed by atoms with Crippen LogP contribution < -0.4 is 10.6 Å². The fourth-order valence-electron chi connectivity index (χ4n) is 3.78. The quantitative estimate of drug-likeness (QED) is 0.655. The maximum absolute atomic E-state index is 12.4. The highest BCUT2D eigenvalue weighted by atomic mass is 16.3. The maximum atomic E-state index is 12.4. The van der Waals surface area contributed by atoms with Gasteiger partial charge in [0.1, 0.15) is 5.69 Å². The fourth-order valence-corrected chi connectivity index (χ4v) is 3.78. The van der Waals surface area contributed by atoms with E-state index in [1.165, 1.54) is 0 Å². The number of pyridine rings is 1. The van der Waals surface area contributed by atoms with Gasteiger partial charge in [-0.15, -0.1) is 0 Å². The SMILES string of the molecule is O=C(N[C@H]1C[C@H]2CNC[C@H]2C[C@@H]1O)c1cc2ncccc2[nH]1. The second-order valence-corrected chi connectivity index (χ2v) is 6.42. The number of carbonyl (C=O) groups excluding carboxylic acids is 1. The number of aliphatic hydroxyl groups excluding tert-OH is 1. The first-order valence-electron chi connectivity index (χ1n) is 7.84. The Hall–Kier alpha value is -1.92. The number of rotatable bonds is 2. The van der Waals surface area contributed by atoms with Crippen molar-refractivity contribution in [1.82, 2.24) is 20.6 Å². The first-order valence-corrected chi connectivity index (χ1v) is 7.84. The number of amides is 1. The Morgan fingerprint density at radius 2 is 2.14 bits per heavy atom. The zero-order chi connectivity index (χ0) is 15.1. The lowest BCUT2D eigenvalue weighted by molar-refractivity contribution is 0.0460. The van der Waals surface area contributed by atoms with Gasteiger partial charge in [0.2, 0.25) is 0 Å². The number of aromatic amines is 1. The normalized spacial score (nSPS) is 31.1. The Balaban J connectivity index is 1.49. The van der Waals surface area contributed by atoms with Gasteiger partial charge in [-0.25, -0.2) is 0 Å². The molecule has 0 aromatic carbocycles. The first kappa shape index (κ1) is 13.7. The minimum absolute atomic E-state index is 0.173. The van der Waals surface area contributed by atoms with Crippen LogP contribution in [0.5, 0.6) is 0 Å². The van der Waals surface area contributed by atoms with Gasteiger partial charge in [0.25, 0.3) is 5.91 Å². The van der Waals surface area contributed by atoms with E-state index in [-0.39, 0.29) is 11.9 Å². The summed E-state index contributed by atoms with van der Waals surface area (Å²) in [5.74, 6) is 0.921. The highest BCUT2D eigenvalue weighted by Crippen LogP contribution is 2.33. The number of carbonyl (C=O) groups is 1. The number of H-pyrrole nitrogens is 1. The molecule has 2 aromatic rings. The average molecular weight is 300 g/mol. The fraction of sp³-hybridized carbons (Fsp3) is 0.500. The van der Waals surface area contributed by atoms with Crippen LogP contribution in [-0.2, 0) is 0 Å². The van der Waals surface area contributed by atoms with Gasteiger partial charge in [-0.05, 0) is 56.0 Å². The highest BCUT2D eigenvalue weighted by Gasteiger charge is 2.39. The lowest BCUT2D eigenvalue weighted by Crippen LogP contribution is -2.49. The van der Waals surface area contributed by atoms with Crippen LogP contribution >= 0.6 is 0 Å². The summed E-state index contributed by atoms with van der Waals surface area (Å²) in [6, 6.07) is 5.30. The van der Waals surface area contributed by atoms with Crippen LogP contribution in [-0.4, -0.2) is 46.2 Å². The third-order valence-electron chi connectivity index (χ3n) is 5.00. The summed E-state index contributed by atoms with van der Waals surface area (Å²) in [5, 5.41) is 16.6. The van der Waals surface area contributed by atoms with E-state index in [0.29, 0.717) is 17.5 Å². The summed E-state index contributed by atoms with van der Waals surface area (Å²) in [6.45, 7) is 1.97. The number of nitrogens with one attached hydrogen (secondary N) is 3. The third kappa shape index (κ3) is 2.38. The maximum Gasteiger partial charge on any atom is 0.268 e. The van der Waals surface area contributed by atoms with Crippen molar-refractivity contribution in [2.45, 2.75) is 25.0 Å². The van der Waals surface area contributed by atoms with Crippen molar-refractivity contribution in [3.8, 4) is 0 Å². The molecule has 22 heavy (non-hydrogen) atoms. The second kappa shape index (κ2) is 5.37. The molecule has 4 atom stereocenters. The minimum Gasteiger partial charge on any atom is -0.391 e. The molecule has 116 valence electrons. The topological polar surface area (TPSA) is 90.0 Å². The van der Waals surface area contributed by atoms with Crippen molar-refractivity contribution < 1.29 is 9.90 Å². The molecule has 4 rings (SSSR count). The Kier molecular flexibility index (Phi) is 3.35. The zero-order valence-corrected chi connectivity index (χ0v) is 12.2. The zero-order valence-electron chi connectivity index (χ0n) is 12.2. The van der Waals surface area contributed by atoms with Gasteiger partial charge < -0.3 is 20.7 Å². The highest BCUT2D eigenvalue weighted by molar-refractivity contribution is 5.97. The second-order valence-electron chi connectivity index (χ2n) is 6.42. The molecule has 6 heteroatoms. The molecule has 0 spiro atoms. The summed E-state index contributed by atoms with van der Waals surface area (Å²) >= 11 is 0. The summed E-state index contributed by atoms with van der Waals surface area (Å²) in [6.07, 6.45) is 2.84. The average Bonchev–Trinajstić information content (AvgIpc) is 3.13. The van der Waals surface area contributed by atoms with E-state index in [2.05, 4.69) is 20.6 Å². The molecular formula is C16H20N4O2. The number of nitrogens with zero attached hydrogens (tertiary/aromatic N) is 1. The molecular weight excluding hydrogens is 280 g/mol. The molecule has 2 fully saturated rings. The van der Waals surface area contributed by atoms with Gasteiger partial charge >= 0.3 is 0 Å².